The molecule has 42 heavy (non-hydrogen) atoms. The van der Waals surface area contributed by atoms with Gasteiger partial charge in [0.05, 0.1) is 18.2 Å². The normalized spacial score (nSPS) is 14.5. The van der Waals surface area contributed by atoms with Crippen LogP contribution in [-0.4, -0.2) is 74.2 Å². The second-order valence-corrected chi connectivity index (χ2v) is 10.0. The summed E-state index contributed by atoms with van der Waals surface area (Å²) in [6.07, 6.45) is 6.34. The number of pyridine rings is 1. The fourth-order valence-corrected chi connectivity index (χ4v) is 5.00. The number of fused-ring (bicyclic) bond motifs is 1. The molecular weight excluding hydrogens is 541 g/mol. The molecule has 0 saturated carbocycles. The third-order valence-corrected chi connectivity index (χ3v) is 7.07. The Hall–Kier alpha value is -4.65. The number of aromatic amines is 1. The van der Waals surface area contributed by atoms with Crippen molar-refractivity contribution in [3.05, 3.63) is 54.5 Å². The smallest absolute Gasteiger partial charge is 0.409 e. The van der Waals surface area contributed by atoms with Crippen LogP contribution < -0.4 is 16.0 Å². The first kappa shape index (κ1) is 28.9. The highest BCUT2D eigenvalue weighted by atomic mass is 19.1. The van der Waals surface area contributed by atoms with Crippen LogP contribution in [0.2, 0.25) is 0 Å². The molecule has 12 nitrogen and oxygen atoms in total. The molecule has 1 aliphatic heterocycles. The topological polar surface area (TPSA) is 150 Å². The van der Waals surface area contributed by atoms with Crippen molar-refractivity contribution in [1.82, 2.24) is 40.5 Å². The maximum absolute atomic E-state index is 14.8. The minimum absolute atomic E-state index is 0.102. The summed E-state index contributed by atoms with van der Waals surface area (Å²) in [7, 11) is 0. The maximum atomic E-state index is 14.8. The summed E-state index contributed by atoms with van der Waals surface area (Å²) in [5, 5.41) is 8.89. The number of rotatable bonds is 8. The zero-order valence-corrected chi connectivity index (χ0v) is 23.8. The minimum Gasteiger partial charge on any atom is -0.450 e. The van der Waals surface area contributed by atoms with Crippen LogP contribution in [0, 0.1) is 5.82 Å². The number of aromatic nitrogens is 5. The number of hydrogen-bond donors (Lipinski definition) is 4. The third-order valence-electron chi connectivity index (χ3n) is 7.07. The Morgan fingerprint density at radius 2 is 1.90 bits per heavy atom. The molecule has 3 amide bonds. The van der Waals surface area contributed by atoms with Gasteiger partial charge in [0.15, 0.2) is 0 Å². The van der Waals surface area contributed by atoms with E-state index in [1.165, 1.54) is 18.3 Å². The molecule has 1 fully saturated rings. The highest BCUT2D eigenvalue weighted by molar-refractivity contribution is 5.98. The molecule has 1 saturated heterocycles. The van der Waals surface area contributed by atoms with E-state index < -0.39 is 11.8 Å². The van der Waals surface area contributed by atoms with Gasteiger partial charge in [-0.15, -0.1) is 0 Å². The Bertz CT molecular complexity index is 1550. The zero-order valence-electron chi connectivity index (χ0n) is 23.8. The van der Waals surface area contributed by atoms with Crippen molar-refractivity contribution in [2.24, 2.45) is 0 Å². The molecule has 4 aromatic rings. The van der Waals surface area contributed by atoms with Gasteiger partial charge in [-0.3, -0.25) is 10.3 Å². The van der Waals surface area contributed by atoms with E-state index in [4.69, 9.17) is 4.74 Å². The third kappa shape index (κ3) is 6.46. The van der Waals surface area contributed by atoms with Gasteiger partial charge >= 0.3 is 12.1 Å². The minimum atomic E-state index is -0.489. The maximum Gasteiger partial charge on any atom is 0.409 e. The molecule has 0 bridgehead atoms. The number of H-pyrrole nitrogens is 1. The average Bonchev–Trinajstić information content (AvgIpc) is 3.40. The number of carbonyl (C=O) groups excluding carboxylic acids is 2. The van der Waals surface area contributed by atoms with Crippen LogP contribution in [0.5, 0.6) is 0 Å². The van der Waals surface area contributed by atoms with Crippen LogP contribution in [0.4, 0.5) is 19.9 Å². The molecule has 0 aliphatic carbocycles. The largest absolute Gasteiger partial charge is 0.450 e. The van der Waals surface area contributed by atoms with Gasteiger partial charge in [-0.25, -0.2) is 28.9 Å². The number of amides is 3. The number of benzene rings is 1. The monoisotopic (exact) mass is 575 g/mol. The molecule has 0 radical (unpaired) electrons. The molecule has 13 heteroatoms. The summed E-state index contributed by atoms with van der Waals surface area (Å²) in [6.45, 7) is 7.73. The van der Waals surface area contributed by atoms with Crippen molar-refractivity contribution in [1.29, 1.82) is 0 Å². The lowest BCUT2D eigenvalue weighted by atomic mass is 10.0. The standard InChI is InChI=1S/C29H34FN9O3/c1-4-31-28(40)38-27-36-23-14-18(13-21(25(23)37-27)24-22(30)7-6-10-32-24)19-15-33-26(34-16-19)17(3)35-20-8-11-39(12-9-20)29(41)42-5-2/h6-7,10,13-17,20,35H,4-5,8-9,11-12H2,1-3H3,(H3,31,36,37,38,40). The second-order valence-electron chi connectivity index (χ2n) is 10.0. The van der Waals surface area contributed by atoms with Gasteiger partial charge in [0.2, 0.25) is 5.95 Å². The van der Waals surface area contributed by atoms with Crippen LogP contribution >= 0.6 is 0 Å². The van der Waals surface area contributed by atoms with Crippen molar-refractivity contribution in [2.75, 3.05) is 31.6 Å². The molecule has 1 unspecified atom stereocenters. The van der Waals surface area contributed by atoms with Gasteiger partial charge < -0.3 is 25.3 Å². The Balaban J connectivity index is 1.36. The lowest BCUT2D eigenvalue weighted by molar-refractivity contribution is 0.0942. The predicted molar refractivity (Wildman–Crippen MR) is 156 cm³/mol. The van der Waals surface area contributed by atoms with E-state index >= 15 is 0 Å². The Morgan fingerprint density at radius 1 is 1.14 bits per heavy atom. The number of halogens is 1. The van der Waals surface area contributed by atoms with Crippen LogP contribution in [0.3, 0.4) is 0 Å². The lowest BCUT2D eigenvalue weighted by Gasteiger charge is -2.33. The summed E-state index contributed by atoms with van der Waals surface area (Å²) in [5.41, 5.74) is 3.12. The lowest BCUT2D eigenvalue weighted by Crippen LogP contribution is -2.45. The first-order chi connectivity index (χ1) is 20.4. The van der Waals surface area contributed by atoms with Gasteiger partial charge in [0.25, 0.3) is 0 Å². The highest BCUT2D eigenvalue weighted by Gasteiger charge is 2.25. The first-order valence-electron chi connectivity index (χ1n) is 14.1. The van der Waals surface area contributed by atoms with E-state index in [-0.39, 0.29) is 29.8 Å². The van der Waals surface area contributed by atoms with Crippen molar-refractivity contribution < 1.29 is 18.7 Å². The second kappa shape index (κ2) is 12.9. The number of likely N-dealkylation sites (tertiary alicyclic amines) is 1. The summed E-state index contributed by atoms with van der Waals surface area (Å²) in [4.78, 5) is 46.9. The molecule has 1 atom stereocenters. The fraction of sp³-hybridized carbons (Fsp3) is 0.379. The van der Waals surface area contributed by atoms with Gasteiger partial charge in [0, 0.05) is 55.4 Å². The molecular formula is C29H34FN9O3. The van der Waals surface area contributed by atoms with E-state index in [2.05, 4.69) is 40.9 Å². The van der Waals surface area contributed by atoms with E-state index in [0.29, 0.717) is 48.7 Å². The van der Waals surface area contributed by atoms with Crippen LogP contribution in [0.15, 0.2) is 42.9 Å². The van der Waals surface area contributed by atoms with Gasteiger partial charge in [0.1, 0.15) is 22.9 Å². The first-order valence-corrected chi connectivity index (χ1v) is 14.1. The molecule has 0 spiro atoms. The summed E-state index contributed by atoms with van der Waals surface area (Å²) >= 11 is 0. The summed E-state index contributed by atoms with van der Waals surface area (Å²) in [5.74, 6) is 0.376. The fourth-order valence-electron chi connectivity index (χ4n) is 5.00. The Kier molecular flexibility index (Phi) is 8.86. The van der Waals surface area contributed by atoms with Crippen molar-refractivity contribution >= 4 is 29.1 Å². The van der Waals surface area contributed by atoms with Crippen molar-refractivity contribution in [3.63, 3.8) is 0 Å². The van der Waals surface area contributed by atoms with Gasteiger partial charge in [-0.2, -0.15) is 0 Å². The molecule has 4 heterocycles. The van der Waals surface area contributed by atoms with Crippen molar-refractivity contribution in [2.45, 2.75) is 45.7 Å². The van der Waals surface area contributed by atoms with Gasteiger partial charge in [-0.05, 0) is 63.4 Å². The number of carbonyl (C=O) groups is 2. The van der Waals surface area contributed by atoms with Crippen LogP contribution in [0.1, 0.15) is 45.5 Å². The number of nitrogens with one attached hydrogen (secondary N) is 4. The van der Waals surface area contributed by atoms with Gasteiger partial charge in [-0.1, -0.05) is 0 Å². The molecule has 4 N–H and O–H groups in total. The zero-order chi connectivity index (χ0) is 29.6. The number of hydrogen-bond acceptors (Lipinski definition) is 8. The molecule has 5 rings (SSSR count). The van der Waals surface area contributed by atoms with E-state index in [0.717, 1.165) is 24.0 Å². The van der Waals surface area contributed by atoms with E-state index in [1.54, 1.807) is 30.3 Å². The van der Waals surface area contributed by atoms with Crippen LogP contribution in [-0.2, 0) is 4.74 Å². The number of nitrogens with zero attached hydrogens (tertiary/aromatic N) is 5. The van der Waals surface area contributed by atoms with E-state index in [9.17, 15) is 14.0 Å². The number of urea groups is 1. The molecule has 3 aromatic heterocycles. The Morgan fingerprint density at radius 3 is 2.60 bits per heavy atom. The SMILES string of the molecule is CCNC(=O)Nc1nc2c(-c3ncccc3F)cc(-c3cnc(C(C)NC4CCN(C(=O)OCC)CC4)nc3)cc2[nH]1. The van der Waals surface area contributed by atoms with Crippen LogP contribution in [0.25, 0.3) is 33.4 Å². The number of anilines is 1. The highest BCUT2D eigenvalue weighted by Crippen LogP contribution is 2.34. The van der Waals surface area contributed by atoms with E-state index in [1.807, 2.05) is 19.9 Å². The summed E-state index contributed by atoms with van der Waals surface area (Å²) < 4.78 is 19.9. The number of ether oxygens (including phenoxy) is 1. The predicted octanol–water partition coefficient (Wildman–Crippen LogP) is 4.63. The summed E-state index contributed by atoms with van der Waals surface area (Å²) in [6, 6.07) is 6.24. The molecule has 1 aliphatic rings. The van der Waals surface area contributed by atoms with Crippen molar-refractivity contribution in [3.8, 4) is 22.4 Å². The average molecular weight is 576 g/mol. The Labute approximate surface area is 242 Å². The number of imidazole rings is 1. The molecule has 220 valence electrons. The quantitative estimate of drug-likeness (QED) is 0.237. The number of piperidine rings is 1. The molecule has 1 aromatic carbocycles.